The van der Waals surface area contributed by atoms with E-state index in [4.69, 9.17) is 28.5 Å². The number of nitrogens with zero attached hydrogens (tertiary/aromatic N) is 3. The molecule has 0 radical (unpaired) electrons. The van der Waals surface area contributed by atoms with Gasteiger partial charge in [-0.3, -0.25) is 14.9 Å². The van der Waals surface area contributed by atoms with Crippen molar-refractivity contribution in [2.45, 2.75) is 25.9 Å². The van der Waals surface area contributed by atoms with Crippen LogP contribution in [-0.2, 0) is 20.8 Å². The van der Waals surface area contributed by atoms with E-state index in [-0.39, 0.29) is 43.2 Å². The van der Waals surface area contributed by atoms with Crippen molar-refractivity contribution in [3.05, 3.63) is 51.1 Å². The third-order valence-corrected chi connectivity index (χ3v) is 5.65. The van der Waals surface area contributed by atoms with Gasteiger partial charge in [0, 0.05) is 41.7 Å². The number of benzene rings is 2. The first-order chi connectivity index (χ1) is 18.4. The van der Waals surface area contributed by atoms with Gasteiger partial charge in [0.1, 0.15) is 6.10 Å². The molecule has 0 spiro atoms. The number of methoxy groups -OCH3 is 2. The van der Waals surface area contributed by atoms with Gasteiger partial charge in [0.2, 0.25) is 18.3 Å². The molecule has 1 unspecified atom stereocenters. The molecule has 1 N–H and O–H groups in total. The lowest BCUT2D eigenvalue weighted by Crippen LogP contribution is -2.20. The van der Waals surface area contributed by atoms with Crippen LogP contribution < -0.4 is 24.4 Å². The number of non-ortho nitro benzene ring substituents is 1. The number of hydrogen-bond donors (Lipinski definition) is 1. The number of hydrazone groups is 1. The van der Waals surface area contributed by atoms with Crippen LogP contribution in [0.3, 0.4) is 0 Å². The topological polar surface area (TPSA) is 169 Å². The maximum absolute atomic E-state index is 12.5. The predicted octanol–water partition coefficient (Wildman–Crippen LogP) is 2.36. The molecule has 2 aliphatic rings. The molecular weight excluding hydrogens is 504 g/mol. The molecule has 0 saturated carbocycles. The first-order valence-electron chi connectivity index (χ1n) is 11.4. The highest BCUT2D eigenvalue weighted by atomic mass is 16.7. The highest BCUT2D eigenvalue weighted by Crippen LogP contribution is 2.52. The van der Waals surface area contributed by atoms with E-state index in [0.717, 1.165) is 0 Å². The van der Waals surface area contributed by atoms with Crippen LogP contribution in [0.1, 0.15) is 34.8 Å². The number of nitrogens with one attached hydrogen (secondary N) is 1. The highest BCUT2D eigenvalue weighted by Gasteiger charge is 2.34. The van der Waals surface area contributed by atoms with E-state index in [0.29, 0.717) is 34.1 Å². The van der Waals surface area contributed by atoms with E-state index in [9.17, 15) is 19.7 Å². The van der Waals surface area contributed by atoms with Crippen LogP contribution in [0, 0.1) is 10.1 Å². The van der Waals surface area contributed by atoms with Gasteiger partial charge in [-0.2, -0.15) is 5.10 Å². The molecule has 14 heteroatoms. The summed E-state index contributed by atoms with van der Waals surface area (Å²) in [5.41, 5.74) is 3.55. The van der Waals surface area contributed by atoms with Crippen LogP contribution in [0.15, 0.2) is 34.5 Å². The zero-order valence-corrected chi connectivity index (χ0v) is 20.7. The van der Waals surface area contributed by atoms with Crippen LogP contribution in [-0.4, -0.2) is 62.4 Å². The number of nitro benzene ring substituents is 1. The normalized spacial score (nSPS) is 15.6. The van der Waals surface area contributed by atoms with Gasteiger partial charge >= 0.3 is 5.97 Å². The number of amides is 1. The second kappa shape index (κ2) is 11.5. The van der Waals surface area contributed by atoms with Crippen molar-refractivity contribution in [1.82, 2.24) is 5.43 Å². The summed E-state index contributed by atoms with van der Waals surface area (Å²) in [6.45, 7) is 1.83. The number of carbonyl (C=O) groups is 2. The largest absolute Gasteiger partial charge is 0.492 e. The van der Waals surface area contributed by atoms with Crippen molar-refractivity contribution in [1.29, 1.82) is 0 Å². The van der Waals surface area contributed by atoms with Crippen molar-refractivity contribution in [3.63, 3.8) is 0 Å². The van der Waals surface area contributed by atoms with E-state index in [1.165, 1.54) is 44.7 Å². The third kappa shape index (κ3) is 5.28. The quantitative estimate of drug-likeness (QED) is 0.209. The summed E-state index contributed by atoms with van der Waals surface area (Å²) >= 11 is 0. The Morgan fingerprint density at radius 3 is 2.55 bits per heavy atom. The number of carbonyl (C=O) groups excluding carboxylic acids is 2. The predicted molar refractivity (Wildman–Crippen MR) is 131 cm³/mol. The Morgan fingerprint density at radius 2 is 1.89 bits per heavy atom. The number of nitro groups is 1. The molecule has 200 valence electrons. The van der Waals surface area contributed by atoms with Gasteiger partial charge in [0.25, 0.3) is 11.6 Å². The van der Waals surface area contributed by atoms with Crippen molar-refractivity contribution < 1.29 is 43.0 Å². The summed E-state index contributed by atoms with van der Waals surface area (Å²) in [6.07, 6.45) is 1.23. The van der Waals surface area contributed by atoms with Gasteiger partial charge in [-0.15, -0.1) is 0 Å². The number of esters is 1. The second-order valence-corrected chi connectivity index (χ2v) is 7.92. The molecule has 0 fully saturated rings. The summed E-state index contributed by atoms with van der Waals surface area (Å²) in [5.74, 6) is 0.0989. The van der Waals surface area contributed by atoms with E-state index in [2.05, 4.69) is 15.7 Å². The zero-order chi connectivity index (χ0) is 27.2. The first kappa shape index (κ1) is 26.2. The van der Waals surface area contributed by atoms with Gasteiger partial charge in [0.05, 0.1) is 32.0 Å². The van der Waals surface area contributed by atoms with Gasteiger partial charge < -0.3 is 28.5 Å². The fourth-order valence-electron chi connectivity index (χ4n) is 3.94. The molecule has 2 aromatic carbocycles. The molecule has 0 bridgehead atoms. The Hall–Kier alpha value is -4.88. The van der Waals surface area contributed by atoms with E-state index >= 15 is 0 Å². The summed E-state index contributed by atoms with van der Waals surface area (Å²) in [4.78, 5) is 40.3. The smallest absolute Gasteiger partial charge is 0.356 e. The molecule has 0 aliphatic carbocycles. The first-order valence-corrected chi connectivity index (χ1v) is 11.4. The van der Waals surface area contributed by atoms with E-state index in [1.807, 2.05) is 0 Å². The van der Waals surface area contributed by atoms with Gasteiger partial charge in [-0.25, -0.2) is 10.2 Å². The number of oxime groups is 1. The molecule has 1 amide bonds. The van der Waals surface area contributed by atoms with Gasteiger partial charge in [0.15, 0.2) is 17.2 Å². The molecule has 2 aromatic rings. The van der Waals surface area contributed by atoms with E-state index in [1.54, 1.807) is 6.92 Å². The minimum atomic E-state index is -0.585. The van der Waals surface area contributed by atoms with Crippen molar-refractivity contribution in [2.24, 2.45) is 10.3 Å². The van der Waals surface area contributed by atoms with E-state index < -0.39 is 22.9 Å². The molecular formula is C24H24N4O10. The molecule has 2 aliphatic heterocycles. The number of rotatable bonds is 10. The maximum atomic E-state index is 12.5. The summed E-state index contributed by atoms with van der Waals surface area (Å²) in [6, 6.07) is 5.07. The molecule has 14 nitrogen and oxygen atoms in total. The molecule has 0 saturated heterocycles. The van der Waals surface area contributed by atoms with Crippen LogP contribution in [0.25, 0.3) is 0 Å². The summed E-state index contributed by atoms with van der Waals surface area (Å²) in [7, 11) is 2.91. The summed E-state index contributed by atoms with van der Waals surface area (Å²) in [5, 5.41) is 18.7. The average molecular weight is 528 g/mol. The maximum Gasteiger partial charge on any atom is 0.356 e. The van der Waals surface area contributed by atoms with Crippen molar-refractivity contribution in [3.8, 4) is 23.0 Å². The molecule has 0 aromatic heterocycles. The minimum absolute atomic E-state index is 0.0790. The third-order valence-electron chi connectivity index (χ3n) is 5.65. The summed E-state index contributed by atoms with van der Waals surface area (Å²) < 4.78 is 27.4. The number of fused-ring (bicyclic) bond motifs is 1. The van der Waals surface area contributed by atoms with Crippen LogP contribution in [0.4, 0.5) is 5.69 Å². The Morgan fingerprint density at radius 1 is 1.18 bits per heavy atom. The van der Waals surface area contributed by atoms with Crippen LogP contribution >= 0.6 is 0 Å². The van der Waals surface area contributed by atoms with Crippen molar-refractivity contribution in [2.75, 3.05) is 27.6 Å². The Kier molecular flexibility index (Phi) is 7.89. The molecule has 4 rings (SSSR count). The Bertz CT molecular complexity index is 1310. The Labute approximate surface area is 216 Å². The fraction of sp³-hybridized carbons (Fsp3) is 0.333. The number of hydrogen-bond acceptors (Lipinski definition) is 12. The lowest BCUT2D eigenvalue weighted by atomic mass is 9.96. The van der Waals surface area contributed by atoms with Crippen molar-refractivity contribution >= 4 is 29.5 Å². The van der Waals surface area contributed by atoms with Gasteiger partial charge in [-0.05, 0) is 19.1 Å². The van der Waals surface area contributed by atoms with Gasteiger partial charge in [-0.1, -0.05) is 5.16 Å². The second-order valence-electron chi connectivity index (χ2n) is 7.92. The molecule has 1 atom stereocenters. The fourth-order valence-corrected chi connectivity index (χ4v) is 3.94. The standard InChI is InChI=1S/C24H24N4O10/c1-4-35-24(30)18-10-15(38-27-18)9-16-17(20-22(37-12-36-20)21(34-3)19(16)33-2)11-25-26-23(29)13-5-7-14(8-6-13)28(31)32/h5-8,11,15H,4,9-10,12H2,1-3H3,(H,26,29). The molecule has 38 heavy (non-hydrogen) atoms. The number of ether oxygens (including phenoxy) is 5. The minimum Gasteiger partial charge on any atom is -0.492 e. The highest BCUT2D eigenvalue weighted by molar-refractivity contribution is 6.36. The van der Waals surface area contributed by atoms with Crippen LogP contribution in [0.5, 0.6) is 23.0 Å². The lowest BCUT2D eigenvalue weighted by Gasteiger charge is -2.19. The lowest BCUT2D eigenvalue weighted by molar-refractivity contribution is -0.384. The molecule has 2 heterocycles. The SMILES string of the molecule is CCOC(=O)C1=NOC(Cc2c(C=NNC(=O)c3ccc([N+](=O)[O-])cc3)c3c(c(OC)c2OC)OCO3)C1. The van der Waals surface area contributed by atoms with Crippen LogP contribution in [0.2, 0.25) is 0 Å². The Balaban J connectivity index is 1.61. The average Bonchev–Trinajstić information content (AvgIpc) is 3.59. The zero-order valence-electron chi connectivity index (χ0n) is 20.7. The monoisotopic (exact) mass is 528 g/mol.